The van der Waals surface area contributed by atoms with Crippen LogP contribution in [-0.4, -0.2) is 42.3 Å². The monoisotopic (exact) mass is 257 g/mol. The molecular formula is C12H23N3O3. The van der Waals surface area contributed by atoms with Crippen molar-refractivity contribution in [3.63, 3.8) is 0 Å². The molecule has 0 spiro atoms. The van der Waals surface area contributed by atoms with Gasteiger partial charge in [-0.25, -0.2) is 4.79 Å². The van der Waals surface area contributed by atoms with E-state index in [0.29, 0.717) is 12.8 Å². The van der Waals surface area contributed by atoms with Crippen LogP contribution in [0.1, 0.15) is 39.0 Å². The summed E-state index contributed by atoms with van der Waals surface area (Å²) in [5.41, 5.74) is 0. The first-order valence-electron chi connectivity index (χ1n) is 6.57. The Kier molecular flexibility index (Phi) is 6.49. The van der Waals surface area contributed by atoms with E-state index in [1.54, 1.807) is 0 Å². The molecular weight excluding hydrogens is 234 g/mol. The van der Waals surface area contributed by atoms with E-state index < -0.39 is 5.97 Å². The van der Waals surface area contributed by atoms with E-state index in [0.717, 1.165) is 25.9 Å². The molecule has 0 radical (unpaired) electrons. The maximum Gasteiger partial charge on any atom is 0.315 e. The second-order valence-corrected chi connectivity index (χ2v) is 4.83. The molecule has 1 aliphatic heterocycles. The van der Waals surface area contributed by atoms with Crippen LogP contribution in [0.15, 0.2) is 0 Å². The zero-order valence-corrected chi connectivity index (χ0v) is 10.9. The summed E-state index contributed by atoms with van der Waals surface area (Å²) in [5, 5.41) is 17.5. The number of amides is 2. The molecule has 18 heavy (non-hydrogen) atoms. The summed E-state index contributed by atoms with van der Waals surface area (Å²) in [4.78, 5) is 22.0. The first-order valence-corrected chi connectivity index (χ1v) is 6.57. The number of carbonyl (C=O) groups is 2. The van der Waals surface area contributed by atoms with Crippen molar-refractivity contribution in [1.82, 2.24) is 16.0 Å². The smallest absolute Gasteiger partial charge is 0.315 e. The van der Waals surface area contributed by atoms with Crippen LogP contribution in [0, 0.1) is 0 Å². The fraction of sp³-hybridized carbons (Fsp3) is 0.833. The van der Waals surface area contributed by atoms with Crippen molar-refractivity contribution in [2.45, 2.75) is 51.1 Å². The number of carbonyl (C=O) groups excluding carboxylic acids is 1. The molecule has 1 heterocycles. The molecule has 1 unspecified atom stereocenters. The third-order valence-electron chi connectivity index (χ3n) is 3.08. The predicted octanol–water partition coefficient (Wildman–Crippen LogP) is 0.681. The molecule has 4 N–H and O–H groups in total. The molecule has 0 aliphatic carbocycles. The van der Waals surface area contributed by atoms with Gasteiger partial charge in [-0.05, 0) is 45.7 Å². The van der Waals surface area contributed by atoms with Gasteiger partial charge in [0.15, 0.2) is 0 Å². The van der Waals surface area contributed by atoms with Crippen LogP contribution in [0.25, 0.3) is 0 Å². The Labute approximate surface area is 108 Å². The van der Waals surface area contributed by atoms with Gasteiger partial charge in [-0.1, -0.05) is 0 Å². The lowest BCUT2D eigenvalue weighted by atomic mass is 10.1. The molecule has 1 rings (SSSR count). The van der Waals surface area contributed by atoms with E-state index >= 15 is 0 Å². The van der Waals surface area contributed by atoms with Crippen molar-refractivity contribution in [2.24, 2.45) is 0 Å². The van der Waals surface area contributed by atoms with Gasteiger partial charge in [-0.15, -0.1) is 0 Å². The molecule has 1 atom stereocenters. The summed E-state index contributed by atoms with van der Waals surface area (Å²) < 4.78 is 0. The molecule has 2 amide bonds. The van der Waals surface area contributed by atoms with Crippen LogP contribution in [-0.2, 0) is 4.79 Å². The lowest BCUT2D eigenvalue weighted by molar-refractivity contribution is -0.137. The van der Waals surface area contributed by atoms with Gasteiger partial charge in [0, 0.05) is 18.5 Å². The second kappa shape index (κ2) is 7.92. The van der Waals surface area contributed by atoms with E-state index in [2.05, 4.69) is 16.0 Å². The van der Waals surface area contributed by atoms with Crippen molar-refractivity contribution < 1.29 is 14.7 Å². The number of hydrogen-bond acceptors (Lipinski definition) is 3. The first-order chi connectivity index (χ1) is 8.58. The number of piperidine rings is 1. The summed E-state index contributed by atoms with van der Waals surface area (Å²) in [5.74, 6) is -0.790. The third kappa shape index (κ3) is 6.44. The van der Waals surface area contributed by atoms with Gasteiger partial charge in [0.1, 0.15) is 0 Å². The highest BCUT2D eigenvalue weighted by Crippen LogP contribution is 2.03. The zero-order chi connectivity index (χ0) is 13.4. The highest BCUT2D eigenvalue weighted by molar-refractivity contribution is 5.74. The van der Waals surface area contributed by atoms with Crippen molar-refractivity contribution in [3.05, 3.63) is 0 Å². The highest BCUT2D eigenvalue weighted by Gasteiger charge is 2.16. The average Bonchev–Trinajstić information content (AvgIpc) is 2.29. The number of nitrogens with one attached hydrogen (secondary N) is 3. The van der Waals surface area contributed by atoms with Crippen LogP contribution in [0.3, 0.4) is 0 Å². The minimum absolute atomic E-state index is 0.00562. The molecule has 0 aromatic heterocycles. The highest BCUT2D eigenvalue weighted by atomic mass is 16.4. The number of hydrogen-bond donors (Lipinski definition) is 4. The van der Waals surface area contributed by atoms with E-state index in [9.17, 15) is 9.59 Å². The Morgan fingerprint density at radius 2 is 2.06 bits per heavy atom. The van der Waals surface area contributed by atoms with Gasteiger partial charge in [-0.2, -0.15) is 0 Å². The zero-order valence-electron chi connectivity index (χ0n) is 10.9. The summed E-state index contributed by atoms with van der Waals surface area (Å²) in [7, 11) is 0. The lowest BCUT2D eigenvalue weighted by Crippen LogP contribution is -2.48. The molecule has 0 aromatic carbocycles. The Balaban J connectivity index is 2.12. The number of aliphatic carboxylic acids is 1. The van der Waals surface area contributed by atoms with Crippen LogP contribution in [0.4, 0.5) is 4.79 Å². The van der Waals surface area contributed by atoms with E-state index in [4.69, 9.17) is 5.11 Å². The maximum atomic E-state index is 11.7. The molecule has 6 nitrogen and oxygen atoms in total. The van der Waals surface area contributed by atoms with Crippen LogP contribution < -0.4 is 16.0 Å². The Hall–Kier alpha value is -1.30. The van der Waals surface area contributed by atoms with E-state index in [1.807, 2.05) is 6.92 Å². The summed E-state index contributed by atoms with van der Waals surface area (Å²) in [6.07, 6.45) is 3.35. The molecule has 1 fully saturated rings. The maximum absolute atomic E-state index is 11.7. The number of rotatable bonds is 6. The van der Waals surface area contributed by atoms with Crippen molar-refractivity contribution in [1.29, 1.82) is 0 Å². The Morgan fingerprint density at radius 3 is 2.67 bits per heavy atom. The fourth-order valence-corrected chi connectivity index (χ4v) is 2.05. The Morgan fingerprint density at radius 1 is 1.39 bits per heavy atom. The average molecular weight is 257 g/mol. The minimum atomic E-state index is -0.790. The standard InChI is InChI=1S/C12H23N3O3/c1-9(3-2-4-11(16)17)14-12(18)15-10-5-7-13-8-6-10/h9-10,13H,2-8H2,1H3,(H,16,17)(H2,14,15,18). The predicted molar refractivity (Wildman–Crippen MR) is 68.5 cm³/mol. The third-order valence-corrected chi connectivity index (χ3v) is 3.08. The van der Waals surface area contributed by atoms with E-state index in [1.165, 1.54) is 0 Å². The molecule has 0 aromatic rings. The van der Waals surface area contributed by atoms with Gasteiger partial charge >= 0.3 is 12.0 Å². The molecule has 104 valence electrons. The topological polar surface area (TPSA) is 90.5 Å². The molecule has 1 saturated heterocycles. The van der Waals surface area contributed by atoms with Crippen molar-refractivity contribution in [2.75, 3.05) is 13.1 Å². The number of urea groups is 1. The van der Waals surface area contributed by atoms with Gasteiger partial charge < -0.3 is 21.1 Å². The van der Waals surface area contributed by atoms with Gasteiger partial charge in [0.05, 0.1) is 0 Å². The summed E-state index contributed by atoms with van der Waals surface area (Å²) in [6.45, 7) is 3.78. The number of carboxylic acid groups (broad SMARTS) is 1. The van der Waals surface area contributed by atoms with Crippen LogP contribution in [0.5, 0.6) is 0 Å². The summed E-state index contributed by atoms with van der Waals surface area (Å²) >= 11 is 0. The number of carboxylic acids is 1. The summed E-state index contributed by atoms with van der Waals surface area (Å²) in [6, 6.07) is 0.105. The first kappa shape index (κ1) is 14.8. The van der Waals surface area contributed by atoms with Gasteiger partial charge in [0.25, 0.3) is 0 Å². The van der Waals surface area contributed by atoms with Crippen molar-refractivity contribution in [3.8, 4) is 0 Å². The molecule has 1 aliphatic rings. The minimum Gasteiger partial charge on any atom is -0.481 e. The van der Waals surface area contributed by atoms with Crippen LogP contribution >= 0.6 is 0 Å². The van der Waals surface area contributed by atoms with Gasteiger partial charge in [0.2, 0.25) is 0 Å². The van der Waals surface area contributed by atoms with Crippen LogP contribution in [0.2, 0.25) is 0 Å². The molecule has 6 heteroatoms. The lowest BCUT2D eigenvalue weighted by Gasteiger charge is -2.24. The molecule has 0 saturated carbocycles. The SMILES string of the molecule is CC(CCCC(=O)O)NC(=O)NC1CCNCC1. The quantitative estimate of drug-likeness (QED) is 0.563. The largest absolute Gasteiger partial charge is 0.481 e. The second-order valence-electron chi connectivity index (χ2n) is 4.83. The molecule has 0 bridgehead atoms. The normalized spacial score (nSPS) is 18.1. The van der Waals surface area contributed by atoms with Gasteiger partial charge in [-0.3, -0.25) is 4.79 Å². The fourth-order valence-electron chi connectivity index (χ4n) is 2.05. The van der Waals surface area contributed by atoms with Crippen molar-refractivity contribution >= 4 is 12.0 Å². The Bertz CT molecular complexity index is 278. The van der Waals surface area contributed by atoms with E-state index in [-0.39, 0.29) is 24.5 Å².